The number of hydrogen-bond acceptors (Lipinski definition) is 3. The van der Waals surface area contributed by atoms with Crippen LogP contribution in [0.3, 0.4) is 0 Å². The molecule has 17 heavy (non-hydrogen) atoms. The minimum atomic E-state index is -0.995. The maximum absolute atomic E-state index is 11.2. The van der Waals surface area contributed by atoms with Gasteiger partial charge in [-0.05, 0) is 23.8 Å². The third-order valence-electron chi connectivity index (χ3n) is 1.98. The van der Waals surface area contributed by atoms with Gasteiger partial charge in [-0.3, -0.25) is 4.79 Å². The summed E-state index contributed by atoms with van der Waals surface area (Å²) in [5.74, 6) is -1.13. The molecule has 0 spiro atoms. The van der Waals surface area contributed by atoms with Gasteiger partial charge >= 0.3 is 5.97 Å². The molecule has 1 amide bonds. The van der Waals surface area contributed by atoms with Crippen LogP contribution in [-0.2, 0) is 9.59 Å². The van der Waals surface area contributed by atoms with Crippen molar-refractivity contribution >= 4 is 23.6 Å². The van der Waals surface area contributed by atoms with Gasteiger partial charge in [-0.1, -0.05) is 12.1 Å². The molecule has 1 aromatic carbocycles. The van der Waals surface area contributed by atoms with Crippen LogP contribution in [-0.4, -0.2) is 23.5 Å². The van der Waals surface area contributed by atoms with Crippen molar-refractivity contribution in [3.8, 4) is 0 Å². The van der Waals surface area contributed by atoms with Gasteiger partial charge in [-0.25, -0.2) is 4.79 Å². The van der Waals surface area contributed by atoms with E-state index in [0.29, 0.717) is 12.2 Å². The third kappa shape index (κ3) is 4.94. The third-order valence-corrected chi connectivity index (χ3v) is 1.98. The molecule has 4 N–H and O–H groups in total. The van der Waals surface area contributed by atoms with E-state index in [9.17, 15) is 9.59 Å². The predicted molar refractivity (Wildman–Crippen MR) is 65.4 cm³/mol. The Morgan fingerprint density at radius 2 is 1.94 bits per heavy atom. The van der Waals surface area contributed by atoms with E-state index in [4.69, 9.17) is 10.8 Å². The molecule has 0 unspecified atom stereocenters. The van der Waals surface area contributed by atoms with Crippen molar-refractivity contribution in [2.45, 2.75) is 6.42 Å². The zero-order valence-corrected chi connectivity index (χ0v) is 9.22. The lowest BCUT2D eigenvalue weighted by Gasteiger charge is -2.04. The number of carboxylic acids is 1. The summed E-state index contributed by atoms with van der Waals surface area (Å²) in [6.07, 6.45) is 2.82. The molecule has 0 aliphatic rings. The van der Waals surface area contributed by atoms with E-state index in [0.717, 1.165) is 11.6 Å². The van der Waals surface area contributed by atoms with Gasteiger partial charge in [0, 0.05) is 24.7 Å². The van der Waals surface area contributed by atoms with Crippen LogP contribution in [0.2, 0.25) is 0 Å². The highest BCUT2D eigenvalue weighted by Crippen LogP contribution is 2.10. The van der Waals surface area contributed by atoms with E-state index in [-0.39, 0.29) is 12.3 Å². The normalized spacial score (nSPS) is 10.4. The summed E-state index contributed by atoms with van der Waals surface area (Å²) in [5, 5.41) is 11.1. The van der Waals surface area contributed by atoms with Crippen molar-refractivity contribution in [1.29, 1.82) is 0 Å². The van der Waals surface area contributed by atoms with Crippen LogP contribution in [0.4, 0.5) is 5.69 Å². The Bertz CT molecular complexity index is 424. The van der Waals surface area contributed by atoms with Crippen LogP contribution in [0.15, 0.2) is 30.3 Å². The van der Waals surface area contributed by atoms with Crippen LogP contribution in [0.25, 0.3) is 6.08 Å². The quantitative estimate of drug-likeness (QED) is 0.664. The Balaban J connectivity index is 2.62. The SMILES string of the molecule is NCCC(=O)Nc1ccc(/C=C/C(=O)O)cc1. The molecule has 0 saturated carbocycles. The fraction of sp³-hybridized carbons (Fsp3) is 0.167. The Morgan fingerprint density at radius 3 is 2.47 bits per heavy atom. The van der Waals surface area contributed by atoms with Crippen LogP contribution < -0.4 is 11.1 Å². The summed E-state index contributed by atoms with van der Waals surface area (Å²) in [6, 6.07) is 6.85. The molecule has 5 heteroatoms. The molecule has 1 aromatic rings. The summed E-state index contributed by atoms with van der Waals surface area (Å²) in [6.45, 7) is 0.311. The fourth-order valence-electron chi connectivity index (χ4n) is 1.20. The first-order valence-electron chi connectivity index (χ1n) is 5.13. The summed E-state index contributed by atoms with van der Waals surface area (Å²) >= 11 is 0. The number of amides is 1. The summed E-state index contributed by atoms with van der Waals surface area (Å²) in [5.41, 5.74) is 6.67. The van der Waals surface area contributed by atoms with E-state index in [1.807, 2.05) is 0 Å². The lowest BCUT2D eigenvalue weighted by atomic mass is 10.2. The number of carboxylic acid groups (broad SMARTS) is 1. The standard InChI is InChI=1S/C12H14N2O3/c13-8-7-11(15)14-10-4-1-9(2-5-10)3-6-12(16)17/h1-6H,7-8,13H2,(H,14,15)(H,16,17)/b6-3+. The first-order valence-corrected chi connectivity index (χ1v) is 5.13. The number of nitrogens with one attached hydrogen (secondary N) is 1. The van der Waals surface area contributed by atoms with Crippen molar-refractivity contribution in [2.24, 2.45) is 5.73 Å². The minimum absolute atomic E-state index is 0.138. The number of aliphatic carboxylic acids is 1. The van der Waals surface area contributed by atoms with Crippen LogP contribution in [0.1, 0.15) is 12.0 Å². The van der Waals surface area contributed by atoms with E-state index in [1.165, 1.54) is 6.08 Å². The van der Waals surface area contributed by atoms with Crippen LogP contribution in [0, 0.1) is 0 Å². The Hall–Kier alpha value is -2.14. The molecule has 1 rings (SSSR count). The topological polar surface area (TPSA) is 92.4 Å². The average molecular weight is 234 g/mol. The minimum Gasteiger partial charge on any atom is -0.478 e. The monoisotopic (exact) mass is 234 g/mol. The van der Waals surface area contributed by atoms with Crippen molar-refractivity contribution in [2.75, 3.05) is 11.9 Å². The van der Waals surface area contributed by atoms with Gasteiger partial charge < -0.3 is 16.2 Å². The molecule has 0 atom stereocenters. The van der Waals surface area contributed by atoms with Gasteiger partial charge in [0.25, 0.3) is 0 Å². The second-order valence-corrected chi connectivity index (χ2v) is 3.38. The van der Waals surface area contributed by atoms with E-state index >= 15 is 0 Å². The largest absolute Gasteiger partial charge is 0.478 e. The maximum atomic E-state index is 11.2. The first kappa shape index (κ1) is 12.9. The number of carbonyl (C=O) groups is 2. The molecule has 0 aromatic heterocycles. The highest BCUT2D eigenvalue weighted by molar-refractivity contribution is 5.91. The van der Waals surface area contributed by atoms with Gasteiger partial charge in [0.2, 0.25) is 5.91 Å². The lowest BCUT2D eigenvalue weighted by molar-refractivity contribution is -0.131. The second kappa shape index (κ2) is 6.44. The zero-order valence-electron chi connectivity index (χ0n) is 9.22. The highest BCUT2D eigenvalue weighted by atomic mass is 16.4. The van der Waals surface area contributed by atoms with Crippen LogP contribution >= 0.6 is 0 Å². The van der Waals surface area contributed by atoms with Crippen LogP contribution in [0.5, 0.6) is 0 Å². The van der Waals surface area contributed by atoms with Crippen molar-refractivity contribution < 1.29 is 14.7 Å². The van der Waals surface area contributed by atoms with E-state index < -0.39 is 5.97 Å². The molecule has 0 fully saturated rings. The molecule has 0 aliphatic heterocycles. The molecule has 0 saturated heterocycles. The Labute approximate surface area is 98.9 Å². The molecular formula is C12H14N2O3. The zero-order chi connectivity index (χ0) is 12.7. The van der Waals surface area contributed by atoms with Crippen molar-refractivity contribution in [3.63, 3.8) is 0 Å². The first-order chi connectivity index (χ1) is 8.11. The smallest absolute Gasteiger partial charge is 0.328 e. The van der Waals surface area contributed by atoms with Crippen molar-refractivity contribution in [1.82, 2.24) is 0 Å². The average Bonchev–Trinajstić information content (AvgIpc) is 2.28. The summed E-state index contributed by atoms with van der Waals surface area (Å²) < 4.78 is 0. The van der Waals surface area contributed by atoms with Gasteiger partial charge in [0.05, 0.1) is 0 Å². The summed E-state index contributed by atoms with van der Waals surface area (Å²) in [4.78, 5) is 21.5. The molecule has 0 aliphatic carbocycles. The summed E-state index contributed by atoms with van der Waals surface area (Å²) in [7, 11) is 0. The predicted octanol–water partition coefficient (Wildman–Crippen LogP) is 1.07. The fourth-order valence-corrected chi connectivity index (χ4v) is 1.20. The van der Waals surface area contributed by atoms with Gasteiger partial charge in [0.15, 0.2) is 0 Å². The molecule has 90 valence electrons. The molecule has 5 nitrogen and oxygen atoms in total. The van der Waals surface area contributed by atoms with Gasteiger partial charge in [0.1, 0.15) is 0 Å². The van der Waals surface area contributed by atoms with Crippen molar-refractivity contribution in [3.05, 3.63) is 35.9 Å². The molecular weight excluding hydrogens is 220 g/mol. The number of anilines is 1. The molecule has 0 bridgehead atoms. The Morgan fingerprint density at radius 1 is 1.29 bits per heavy atom. The van der Waals surface area contributed by atoms with E-state index in [1.54, 1.807) is 24.3 Å². The van der Waals surface area contributed by atoms with Gasteiger partial charge in [-0.15, -0.1) is 0 Å². The van der Waals surface area contributed by atoms with E-state index in [2.05, 4.69) is 5.32 Å². The van der Waals surface area contributed by atoms with Gasteiger partial charge in [-0.2, -0.15) is 0 Å². The molecule has 0 heterocycles. The number of rotatable bonds is 5. The number of hydrogen-bond donors (Lipinski definition) is 3. The number of benzene rings is 1. The number of nitrogens with two attached hydrogens (primary N) is 1. The Kier molecular flexibility index (Phi) is 4.90. The highest BCUT2D eigenvalue weighted by Gasteiger charge is 1.99. The second-order valence-electron chi connectivity index (χ2n) is 3.38. The lowest BCUT2D eigenvalue weighted by Crippen LogP contribution is -2.15. The number of carbonyl (C=O) groups excluding carboxylic acids is 1. The molecule has 0 radical (unpaired) electrons. The maximum Gasteiger partial charge on any atom is 0.328 e.